The molecule has 2 unspecified atom stereocenters. The minimum atomic E-state index is 0.0685. The number of benzene rings is 4. The van der Waals surface area contributed by atoms with Crippen molar-refractivity contribution in [1.82, 2.24) is 0 Å². The fourth-order valence-corrected chi connectivity index (χ4v) is 7.80. The summed E-state index contributed by atoms with van der Waals surface area (Å²) in [7, 11) is 0. The molecule has 1 aliphatic carbocycles. The minimum absolute atomic E-state index is 0.0685. The summed E-state index contributed by atoms with van der Waals surface area (Å²) in [6.45, 7) is 11.3. The van der Waals surface area contributed by atoms with Crippen LogP contribution in [0, 0.1) is 19.8 Å². The van der Waals surface area contributed by atoms with Crippen LogP contribution in [0.1, 0.15) is 128 Å². The Hall–Kier alpha value is -3.52. The normalized spacial score (nSPS) is 20.1. The zero-order chi connectivity index (χ0) is 30.6. The Kier molecular flexibility index (Phi) is 9.65. The summed E-state index contributed by atoms with van der Waals surface area (Å²) in [6, 6.07) is 31.9. The number of nitrogen functional groups attached to an aromatic ring is 2. The first-order valence-corrected chi connectivity index (χ1v) is 16.6. The quantitative estimate of drug-likeness (QED) is 0.147. The summed E-state index contributed by atoms with van der Waals surface area (Å²) < 4.78 is 0. The molecule has 4 aromatic rings. The van der Waals surface area contributed by atoms with Crippen LogP contribution >= 0.6 is 0 Å². The van der Waals surface area contributed by atoms with E-state index in [0.29, 0.717) is 11.8 Å². The van der Waals surface area contributed by atoms with Gasteiger partial charge in [0, 0.05) is 28.6 Å². The van der Waals surface area contributed by atoms with Crippen LogP contribution in [0.4, 0.5) is 11.4 Å². The average molecular weight is 573 g/mol. The lowest BCUT2D eigenvalue weighted by atomic mass is 9.62. The van der Waals surface area contributed by atoms with Gasteiger partial charge in [0.15, 0.2) is 0 Å². The van der Waals surface area contributed by atoms with Crippen molar-refractivity contribution in [3.63, 3.8) is 0 Å². The molecule has 226 valence electrons. The van der Waals surface area contributed by atoms with Crippen LogP contribution in [-0.4, -0.2) is 0 Å². The van der Waals surface area contributed by atoms with Crippen molar-refractivity contribution in [1.29, 1.82) is 0 Å². The van der Waals surface area contributed by atoms with E-state index in [-0.39, 0.29) is 5.41 Å². The maximum absolute atomic E-state index is 6.04. The molecule has 0 aromatic heterocycles. The molecule has 0 radical (unpaired) electrons. The van der Waals surface area contributed by atoms with Gasteiger partial charge >= 0.3 is 0 Å². The average Bonchev–Trinajstić information content (AvgIpc) is 3.01. The first-order valence-electron chi connectivity index (χ1n) is 16.6. The van der Waals surface area contributed by atoms with Crippen molar-refractivity contribution in [3.8, 4) is 0 Å². The van der Waals surface area contributed by atoms with E-state index in [0.717, 1.165) is 17.3 Å². The van der Waals surface area contributed by atoms with Gasteiger partial charge < -0.3 is 11.5 Å². The Labute approximate surface area is 260 Å². The van der Waals surface area contributed by atoms with Crippen molar-refractivity contribution in [2.75, 3.05) is 11.5 Å². The van der Waals surface area contributed by atoms with Crippen LogP contribution in [0.25, 0.3) is 0 Å². The predicted molar refractivity (Wildman–Crippen MR) is 186 cm³/mol. The SMILES string of the molecule is CCCCCC1CCC(c2ccc(C(C)c3ccc(N)cc3C)cc2)(c2ccc(C(C)c3ccc(N)cc3C)cc2)CC1. The molecule has 5 rings (SSSR count). The monoisotopic (exact) mass is 572 g/mol. The van der Waals surface area contributed by atoms with E-state index >= 15 is 0 Å². The number of anilines is 2. The van der Waals surface area contributed by atoms with Gasteiger partial charge in [0.25, 0.3) is 0 Å². The number of hydrogen-bond donors (Lipinski definition) is 2. The zero-order valence-corrected chi connectivity index (χ0v) is 27.1. The predicted octanol–water partition coefficient (Wildman–Crippen LogP) is 10.8. The van der Waals surface area contributed by atoms with Crippen molar-refractivity contribution in [2.45, 2.75) is 103 Å². The topological polar surface area (TPSA) is 52.0 Å². The fraction of sp³-hybridized carbons (Fsp3) is 0.415. The molecule has 2 heteroatoms. The highest BCUT2D eigenvalue weighted by atomic mass is 14.5. The summed E-state index contributed by atoms with van der Waals surface area (Å²) in [4.78, 5) is 0. The molecule has 0 saturated heterocycles. The van der Waals surface area contributed by atoms with E-state index in [2.05, 4.69) is 107 Å². The molecule has 1 saturated carbocycles. The highest BCUT2D eigenvalue weighted by Crippen LogP contribution is 2.48. The van der Waals surface area contributed by atoms with Crippen molar-refractivity contribution >= 4 is 11.4 Å². The molecule has 0 bridgehead atoms. The van der Waals surface area contributed by atoms with Gasteiger partial charge in [-0.15, -0.1) is 0 Å². The highest BCUT2D eigenvalue weighted by Gasteiger charge is 2.38. The van der Waals surface area contributed by atoms with E-state index < -0.39 is 0 Å². The third-order valence-electron chi connectivity index (χ3n) is 10.6. The summed E-state index contributed by atoms with van der Waals surface area (Å²) >= 11 is 0. The minimum Gasteiger partial charge on any atom is -0.399 e. The summed E-state index contributed by atoms with van der Waals surface area (Å²) in [6.07, 6.45) is 10.5. The van der Waals surface area contributed by atoms with E-state index in [9.17, 15) is 0 Å². The van der Waals surface area contributed by atoms with Crippen LogP contribution in [0.5, 0.6) is 0 Å². The second kappa shape index (κ2) is 13.4. The Bertz CT molecular complexity index is 1390. The largest absolute Gasteiger partial charge is 0.399 e. The van der Waals surface area contributed by atoms with E-state index in [1.165, 1.54) is 95.9 Å². The molecule has 43 heavy (non-hydrogen) atoms. The van der Waals surface area contributed by atoms with Gasteiger partial charge in [0.2, 0.25) is 0 Å². The molecule has 0 amide bonds. The van der Waals surface area contributed by atoms with Gasteiger partial charge in [-0.2, -0.15) is 0 Å². The Morgan fingerprint density at radius 1 is 0.651 bits per heavy atom. The zero-order valence-electron chi connectivity index (χ0n) is 27.1. The van der Waals surface area contributed by atoms with Gasteiger partial charge in [-0.3, -0.25) is 0 Å². The number of hydrogen-bond acceptors (Lipinski definition) is 2. The van der Waals surface area contributed by atoms with Crippen LogP contribution in [0.3, 0.4) is 0 Å². The lowest BCUT2D eigenvalue weighted by molar-refractivity contribution is 0.250. The van der Waals surface area contributed by atoms with Gasteiger partial charge in [-0.25, -0.2) is 0 Å². The van der Waals surface area contributed by atoms with Crippen LogP contribution in [-0.2, 0) is 5.41 Å². The van der Waals surface area contributed by atoms with Crippen LogP contribution in [0.2, 0.25) is 0 Å². The highest BCUT2D eigenvalue weighted by molar-refractivity contribution is 5.50. The van der Waals surface area contributed by atoms with Crippen LogP contribution < -0.4 is 11.5 Å². The lowest BCUT2D eigenvalue weighted by Gasteiger charge is -2.42. The second-order valence-electron chi connectivity index (χ2n) is 13.4. The molecule has 0 aliphatic heterocycles. The first-order chi connectivity index (χ1) is 20.7. The number of unbranched alkanes of at least 4 members (excludes halogenated alkanes) is 2. The van der Waals surface area contributed by atoms with Gasteiger partial charge in [0.1, 0.15) is 0 Å². The maximum Gasteiger partial charge on any atom is 0.0316 e. The van der Waals surface area contributed by atoms with Gasteiger partial charge in [0.05, 0.1) is 0 Å². The summed E-state index contributed by atoms with van der Waals surface area (Å²) in [5, 5.41) is 0. The Balaban J connectivity index is 1.44. The third-order valence-corrected chi connectivity index (χ3v) is 10.6. The molecule has 2 atom stereocenters. The number of aryl methyl sites for hydroxylation is 2. The molecule has 1 aliphatic rings. The third kappa shape index (κ3) is 6.69. The summed E-state index contributed by atoms with van der Waals surface area (Å²) in [5.41, 5.74) is 24.7. The lowest BCUT2D eigenvalue weighted by Crippen LogP contribution is -2.33. The fourth-order valence-electron chi connectivity index (χ4n) is 7.80. The maximum atomic E-state index is 6.04. The Morgan fingerprint density at radius 3 is 1.49 bits per heavy atom. The molecule has 2 nitrogen and oxygen atoms in total. The standard InChI is InChI=1S/C41H52N2/c1-6-7-8-9-32-22-24-41(25-23-32,35-14-10-33(11-15-35)30(4)39-20-18-37(42)26-28(39)2)36-16-12-34(13-17-36)31(5)40-21-19-38(43)27-29(40)3/h10-21,26-27,30-32H,6-9,22-25,42-43H2,1-5H3. The molecule has 0 heterocycles. The molecule has 4 aromatic carbocycles. The molecular formula is C41H52N2. The van der Waals surface area contributed by atoms with Crippen molar-refractivity contribution < 1.29 is 0 Å². The summed E-state index contributed by atoms with van der Waals surface area (Å²) in [5.74, 6) is 1.52. The number of nitrogens with two attached hydrogens (primary N) is 2. The Morgan fingerprint density at radius 2 is 1.09 bits per heavy atom. The van der Waals surface area contributed by atoms with Gasteiger partial charge in [-0.05, 0) is 114 Å². The second-order valence-corrected chi connectivity index (χ2v) is 13.4. The molecule has 0 spiro atoms. The smallest absolute Gasteiger partial charge is 0.0316 e. The van der Waals surface area contributed by atoms with E-state index in [1.807, 2.05) is 12.1 Å². The van der Waals surface area contributed by atoms with E-state index in [4.69, 9.17) is 11.5 Å². The van der Waals surface area contributed by atoms with Crippen LogP contribution in [0.15, 0.2) is 84.9 Å². The molecule has 1 fully saturated rings. The number of rotatable bonds is 10. The first kappa shape index (κ1) is 30.9. The van der Waals surface area contributed by atoms with Crippen molar-refractivity contribution in [2.24, 2.45) is 5.92 Å². The van der Waals surface area contributed by atoms with Gasteiger partial charge in [-0.1, -0.05) is 107 Å². The van der Waals surface area contributed by atoms with E-state index in [1.54, 1.807) is 0 Å². The molecular weight excluding hydrogens is 520 g/mol. The van der Waals surface area contributed by atoms with Crippen molar-refractivity contribution in [3.05, 3.63) is 129 Å². The molecule has 4 N–H and O–H groups in total.